The van der Waals surface area contributed by atoms with Crippen LogP contribution in [0.3, 0.4) is 0 Å². The summed E-state index contributed by atoms with van der Waals surface area (Å²) in [5.41, 5.74) is 3.40. The highest BCUT2D eigenvalue weighted by molar-refractivity contribution is 5.41. The van der Waals surface area contributed by atoms with Crippen molar-refractivity contribution in [1.82, 2.24) is 19.9 Å². The Morgan fingerprint density at radius 3 is 3.00 bits per heavy atom. The van der Waals surface area contributed by atoms with Crippen LogP contribution < -0.4 is 5.32 Å². The molecule has 1 saturated heterocycles. The SMILES string of the molecule is Cc1nc2cccnn2c1C1CCNCC1. The van der Waals surface area contributed by atoms with Gasteiger partial charge in [0.15, 0.2) is 5.65 Å². The van der Waals surface area contributed by atoms with Gasteiger partial charge in [-0.3, -0.25) is 0 Å². The quantitative estimate of drug-likeness (QED) is 0.785. The average Bonchev–Trinajstić information content (AvgIpc) is 2.66. The third-order valence-electron chi connectivity index (χ3n) is 3.34. The minimum atomic E-state index is 0.603. The fourth-order valence-corrected chi connectivity index (χ4v) is 2.58. The molecule has 0 aromatic carbocycles. The second-order valence-electron chi connectivity index (χ2n) is 4.40. The molecule has 2 aromatic rings. The Kier molecular flexibility index (Phi) is 2.36. The number of aryl methyl sites for hydroxylation is 1. The Morgan fingerprint density at radius 2 is 2.19 bits per heavy atom. The lowest BCUT2D eigenvalue weighted by atomic mass is 9.93. The smallest absolute Gasteiger partial charge is 0.154 e. The van der Waals surface area contributed by atoms with Crippen LogP contribution in [0.5, 0.6) is 0 Å². The highest BCUT2D eigenvalue weighted by atomic mass is 15.3. The van der Waals surface area contributed by atoms with Crippen LogP contribution in [0.2, 0.25) is 0 Å². The zero-order valence-electron chi connectivity index (χ0n) is 9.48. The van der Waals surface area contributed by atoms with E-state index >= 15 is 0 Å². The van der Waals surface area contributed by atoms with Crippen LogP contribution in [0, 0.1) is 6.92 Å². The zero-order valence-corrected chi connectivity index (χ0v) is 9.48. The van der Waals surface area contributed by atoms with E-state index in [4.69, 9.17) is 0 Å². The Balaban J connectivity index is 2.10. The molecular weight excluding hydrogens is 200 g/mol. The standard InChI is InChI=1S/C12H16N4/c1-9-12(10-4-7-13-8-5-10)16-11(15-9)3-2-6-14-16/h2-3,6,10,13H,4-5,7-8H2,1H3. The second kappa shape index (κ2) is 3.87. The van der Waals surface area contributed by atoms with Gasteiger partial charge in [0, 0.05) is 12.1 Å². The molecule has 3 heterocycles. The molecule has 16 heavy (non-hydrogen) atoms. The Labute approximate surface area is 94.7 Å². The van der Waals surface area contributed by atoms with E-state index in [1.807, 2.05) is 22.8 Å². The molecule has 1 fully saturated rings. The van der Waals surface area contributed by atoms with Gasteiger partial charge in [0.05, 0.1) is 11.4 Å². The summed E-state index contributed by atoms with van der Waals surface area (Å²) in [5.74, 6) is 0.603. The van der Waals surface area contributed by atoms with Crippen molar-refractivity contribution in [3.63, 3.8) is 0 Å². The van der Waals surface area contributed by atoms with Crippen molar-refractivity contribution in [2.45, 2.75) is 25.7 Å². The molecule has 1 aliphatic rings. The van der Waals surface area contributed by atoms with Crippen LogP contribution in [-0.2, 0) is 0 Å². The maximum absolute atomic E-state index is 4.57. The van der Waals surface area contributed by atoms with Gasteiger partial charge in [0.2, 0.25) is 0 Å². The van der Waals surface area contributed by atoms with E-state index in [9.17, 15) is 0 Å². The van der Waals surface area contributed by atoms with Gasteiger partial charge >= 0.3 is 0 Å². The van der Waals surface area contributed by atoms with Crippen molar-refractivity contribution in [1.29, 1.82) is 0 Å². The van der Waals surface area contributed by atoms with E-state index in [1.165, 1.54) is 18.5 Å². The zero-order chi connectivity index (χ0) is 11.0. The molecule has 84 valence electrons. The molecule has 0 bridgehead atoms. The number of imidazole rings is 1. The van der Waals surface area contributed by atoms with E-state index in [2.05, 4.69) is 22.3 Å². The number of nitrogens with one attached hydrogen (secondary N) is 1. The summed E-state index contributed by atoms with van der Waals surface area (Å²) in [4.78, 5) is 4.57. The van der Waals surface area contributed by atoms with Crippen molar-refractivity contribution < 1.29 is 0 Å². The first-order valence-corrected chi connectivity index (χ1v) is 5.87. The highest BCUT2D eigenvalue weighted by Crippen LogP contribution is 2.27. The van der Waals surface area contributed by atoms with Crippen LogP contribution in [-0.4, -0.2) is 27.7 Å². The highest BCUT2D eigenvalue weighted by Gasteiger charge is 2.21. The lowest BCUT2D eigenvalue weighted by Crippen LogP contribution is -2.27. The molecule has 1 aliphatic heterocycles. The molecule has 0 atom stereocenters. The summed E-state index contributed by atoms with van der Waals surface area (Å²) in [5, 5.41) is 7.81. The van der Waals surface area contributed by atoms with Gasteiger partial charge in [0.1, 0.15) is 0 Å². The Morgan fingerprint density at radius 1 is 1.38 bits per heavy atom. The predicted octanol–water partition coefficient (Wildman–Crippen LogP) is 1.50. The largest absolute Gasteiger partial charge is 0.317 e. The molecule has 0 spiro atoms. The third-order valence-corrected chi connectivity index (χ3v) is 3.34. The Hall–Kier alpha value is -1.42. The average molecular weight is 216 g/mol. The first-order chi connectivity index (χ1) is 7.86. The molecule has 0 radical (unpaired) electrons. The van der Waals surface area contributed by atoms with Crippen LogP contribution in [0.25, 0.3) is 5.65 Å². The van der Waals surface area contributed by atoms with Crippen LogP contribution >= 0.6 is 0 Å². The summed E-state index contributed by atoms with van der Waals surface area (Å²) in [6, 6.07) is 3.96. The minimum Gasteiger partial charge on any atom is -0.317 e. The maximum atomic E-state index is 4.57. The maximum Gasteiger partial charge on any atom is 0.154 e. The van der Waals surface area contributed by atoms with Crippen molar-refractivity contribution in [3.8, 4) is 0 Å². The molecule has 2 aromatic heterocycles. The molecule has 0 aliphatic carbocycles. The fourth-order valence-electron chi connectivity index (χ4n) is 2.58. The lowest BCUT2D eigenvalue weighted by molar-refractivity contribution is 0.446. The lowest BCUT2D eigenvalue weighted by Gasteiger charge is -2.22. The predicted molar refractivity (Wildman–Crippen MR) is 62.6 cm³/mol. The van der Waals surface area contributed by atoms with Gasteiger partial charge in [-0.15, -0.1) is 0 Å². The van der Waals surface area contributed by atoms with E-state index in [0.29, 0.717) is 5.92 Å². The van der Waals surface area contributed by atoms with Gasteiger partial charge in [-0.05, 0) is 45.0 Å². The number of rotatable bonds is 1. The number of aromatic nitrogens is 3. The number of piperidine rings is 1. The van der Waals surface area contributed by atoms with Crippen molar-refractivity contribution in [2.75, 3.05) is 13.1 Å². The van der Waals surface area contributed by atoms with Gasteiger partial charge in [0.25, 0.3) is 0 Å². The van der Waals surface area contributed by atoms with Gasteiger partial charge in [-0.1, -0.05) is 0 Å². The molecule has 0 unspecified atom stereocenters. The molecule has 3 rings (SSSR count). The topological polar surface area (TPSA) is 42.2 Å². The van der Waals surface area contributed by atoms with Crippen molar-refractivity contribution in [3.05, 3.63) is 29.7 Å². The van der Waals surface area contributed by atoms with Gasteiger partial charge < -0.3 is 5.32 Å². The summed E-state index contributed by atoms with van der Waals surface area (Å²) in [7, 11) is 0. The monoisotopic (exact) mass is 216 g/mol. The summed E-state index contributed by atoms with van der Waals surface area (Å²) in [6.07, 6.45) is 4.20. The van der Waals surface area contributed by atoms with Crippen LogP contribution in [0.1, 0.15) is 30.1 Å². The van der Waals surface area contributed by atoms with E-state index in [-0.39, 0.29) is 0 Å². The molecule has 1 N–H and O–H groups in total. The van der Waals surface area contributed by atoms with Gasteiger partial charge in [-0.25, -0.2) is 9.50 Å². The number of fused-ring (bicyclic) bond motifs is 1. The van der Waals surface area contributed by atoms with E-state index < -0.39 is 0 Å². The number of hydrogen-bond acceptors (Lipinski definition) is 3. The number of nitrogens with zero attached hydrogens (tertiary/aromatic N) is 3. The van der Waals surface area contributed by atoms with Crippen molar-refractivity contribution >= 4 is 5.65 Å². The second-order valence-corrected chi connectivity index (χ2v) is 4.40. The summed E-state index contributed by atoms with van der Waals surface area (Å²) >= 11 is 0. The van der Waals surface area contributed by atoms with Crippen molar-refractivity contribution in [2.24, 2.45) is 0 Å². The third kappa shape index (κ3) is 1.50. The van der Waals surface area contributed by atoms with E-state index in [1.54, 1.807) is 0 Å². The molecule has 4 nitrogen and oxygen atoms in total. The minimum absolute atomic E-state index is 0.603. The fraction of sp³-hybridized carbons (Fsp3) is 0.500. The molecule has 0 saturated carbocycles. The molecule has 4 heteroatoms. The van der Waals surface area contributed by atoms with Gasteiger partial charge in [-0.2, -0.15) is 5.10 Å². The Bertz CT molecular complexity index is 497. The van der Waals surface area contributed by atoms with E-state index in [0.717, 1.165) is 24.4 Å². The summed E-state index contributed by atoms with van der Waals surface area (Å²) in [6.45, 7) is 4.29. The first kappa shape index (κ1) is 9.78. The summed E-state index contributed by atoms with van der Waals surface area (Å²) < 4.78 is 2.01. The first-order valence-electron chi connectivity index (χ1n) is 5.87. The molecule has 0 amide bonds. The normalized spacial score (nSPS) is 18.1. The van der Waals surface area contributed by atoms with Crippen LogP contribution in [0.4, 0.5) is 0 Å². The number of hydrogen-bond donors (Lipinski definition) is 1. The van der Waals surface area contributed by atoms with Crippen LogP contribution in [0.15, 0.2) is 18.3 Å². The molecular formula is C12H16N4.